The van der Waals surface area contributed by atoms with E-state index in [1.54, 1.807) is 0 Å². The van der Waals surface area contributed by atoms with Gasteiger partial charge in [-0.2, -0.15) is 5.10 Å². The van der Waals surface area contributed by atoms with E-state index in [9.17, 15) is 9.59 Å². The van der Waals surface area contributed by atoms with Crippen LogP contribution in [0.15, 0.2) is 83.3 Å². The van der Waals surface area contributed by atoms with Crippen LogP contribution in [-0.2, 0) is 10.3 Å². The predicted octanol–water partition coefficient (Wildman–Crippen LogP) is 3.58. The normalized spacial score (nSPS) is 16.2. The van der Waals surface area contributed by atoms with Gasteiger partial charge in [-0.05, 0) is 22.6 Å². The predicted molar refractivity (Wildman–Crippen MR) is 101 cm³/mol. The summed E-state index contributed by atoms with van der Waals surface area (Å²) in [5.41, 5.74) is 0.101. The van der Waals surface area contributed by atoms with E-state index in [1.165, 1.54) is 17.6 Å². The molecule has 0 aliphatic carbocycles. The number of nitrogens with zero attached hydrogens (tertiary/aromatic N) is 2. The molecule has 6 heteroatoms. The zero-order valence-corrected chi connectivity index (χ0v) is 14.5. The fourth-order valence-electron chi connectivity index (χ4n) is 3.04. The molecule has 1 N–H and O–H groups in total. The summed E-state index contributed by atoms with van der Waals surface area (Å²) >= 11 is 1.48. The minimum Gasteiger partial charge on any atom is -0.314 e. The van der Waals surface area contributed by atoms with Crippen molar-refractivity contribution in [2.24, 2.45) is 5.10 Å². The SMILES string of the molecule is O=C1NC(c2ccccc2)(c2ccccc2)C(=O)N1/N=C\c1cccs1. The van der Waals surface area contributed by atoms with Crippen molar-refractivity contribution in [2.45, 2.75) is 5.54 Å². The first-order valence-corrected chi connectivity index (χ1v) is 8.95. The van der Waals surface area contributed by atoms with E-state index in [4.69, 9.17) is 0 Å². The van der Waals surface area contributed by atoms with Crippen LogP contribution in [0.3, 0.4) is 0 Å². The molecule has 3 amide bonds. The molecule has 2 heterocycles. The van der Waals surface area contributed by atoms with Gasteiger partial charge in [-0.25, -0.2) is 4.79 Å². The summed E-state index contributed by atoms with van der Waals surface area (Å²) in [6.45, 7) is 0. The van der Waals surface area contributed by atoms with Crippen molar-refractivity contribution in [3.05, 3.63) is 94.2 Å². The van der Waals surface area contributed by atoms with Crippen molar-refractivity contribution >= 4 is 29.5 Å². The second kappa shape index (κ2) is 6.57. The minimum absolute atomic E-state index is 0.423. The van der Waals surface area contributed by atoms with E-state index >= 15 is 0 Å². The Morgan fingerprint density at radius 1 is 0.885 bits per heavy atom. The molecule has 1 aliphatic rings. The summed E-state index contributed by atoms with van der Waals surface area (Å²) in [6.07, 6.45) is 1.52. The average Bonchev–Trinajstić information content (AvgIpc) is 3.29. The van der Waals surface area contributed by atoms with Crippen molar-refractivity contribution in [3.8, 4) is 0 Å². The van der Waals surface area contributed by atoms with Gasteiger partial charge in [0.25, 0.3) is 5.91 Å². The third-order valence-electron chi connectivity index (χ3n) is 4.26. The topological polar surface area (TPSA) is 61.8 Å². The number of amides is 3. The van der Waals surface area contributed by atoms with E-state index in [1.807, 2.05) is 78.2 Å². The number of hydrogen-bond donors (Lipinski definition) is 1. The lowest BCUT2D eigenvalue weighted by Gasteiger charge is -2.27. The zero-order chi connectivity index (χ0) is 18.0. The quantitative estimate of drug-likeness (QED) is 0.570. The molecule has 0 bridgehead atoms. The molecular formula is C20H15N3O2S. The second-order valence-corrected chi connectivity index (χ2v) is 6.77. The largest absolute Gasteiger partial charge is 0.346 e. The fourth-order valence-corrected chi connectivity index (χ4v) is 3.62. The number of carbonyl (C=O) groups excluding carboxylic acids is 2. The maximum atomic E-state index is 13.3. The first kappa shape index (κ1) is 16.2. The lowest BCUT2D eigenvalue weighted by atomic mass is 9.83. The van der Waals surface area contributed by atoms with E-state index in [-0.39, 0.29) is 0 Å². The monoisotopic (exact) mass is 361 g/mol. The molecule has 0 atom stereocenters. The van der Waals surface area contributed by atoms with Crippen molar-refractivity contribution in [1.82, 2.24) is 10.3 Å². The number of urea groups is 1. The highest BCUT2D eigenvalue weighted by atomic mass is 32.1. The summed E-state index contributed by atoms with van der Waals surface area (Å²) in [7, 11) is 0. The molecule has 26 heavy (non-hydrogen) atoms. The molecule has 0 radical (unpaired) electrons. The van der Waals surface area contributed by atoms with Crippen molar-refractivity contribution in [1.29, 1.82) is 0 Å². The highest BCUT2D eigenvalue weighted by molar-refractivity contribution is 7.11. The van der Waals surface area contributed by atoms with Gasteiger partial charge in [-0.3, -0.25) is 4.79 Å². The Bertz CT molecular complexity index is 914. The summed E-state index contributed by atoms with van der Waals surface area (Å²) in [5, 5.41) is 9.80. The van der Waals surface area contributed by atoms with Crippen LogP contribution in [0.4, 0.5) is 4.79 Å². The molecule has 128 valence electrons. The molecule has 1 aliphatic heterocycles. The smallest absolute Gasteiger partial charge is 0.314 e. The van der Waals surface area contributed by atoms with Crippen LogP contribution in [0.5, 0.6) is 0 Å². The van der Waals surface area contributed by atoms with Crippen LogP contribution in [0, 0.1) is 0 Å². The van der Waals surface area contributed by atoms with Crippen LogP contribution in [0.2, 0.25) is 0 Å². The molecule has 0 spiro atoms. The highest BCUT2D eigenvalue weighted by Gasteiger charge is 2.54. The van der Waals surface area contributed by atoms with Gasteiger partial charge in [0.05, 0.1) is 6.21 Å². The number of benzene rings is 2. The Morgan fingerprint density at radius 2 is 1.50 bits per heavy atom. The highest BCUT2D eigenvalue weighted by Crippen LogP contribution is 2.36. The molecular weight excluding hydrogens is 346 g/mol. The number of rotatable bonds is 4. The number of imide groups is 1. The second-order valence-electron chi connectivity index (χ2n) is 5.79. The van der Waals surface area contributed by atoms with Crippen LogP contribution in [0.1, 0.15) is 16.0 Å². The van der Waals surface area contributed by atoms with Crippen LogP contribution >= 0.6 is 11.3 Å². The standard InChI is InChI=1S/C20H15N3O2S/c24-18-20(15-8-3-1-4-9-15,16-10-5-2-6-11-16)22-19(25)23(18)21-14-17-12-7-13-26-17/h1-14H,(H,22,25)/b21-14-. The summed E-state index contributed by atoms with van der Waals surface area (Å²) in [5.74, 6) is -0.423. The van der Waals surface area contributed by atoms with Crippen LogP contribution in [-0.4, -0.2) is 23.2 Å². The third kappa shape index (κ3) is 2.60. The molecule has 1 saturated heterocycles. The lowest BCUT2D eigenvalue weighted by Crippen LogP contribution is -2.44. The van der Waals surface area contributed by atoms with Gasteiger partial charge < -0.3 is 5.32 Å². The summed E-state index contributed by atoms with van der Waals surface area (Å²) in [4.78, 5) is 26.8. The van der Waals surface area contributed by atoms with Gasteiger partial charge >= 0.3 is 6.03 Å². The number of thiophene rings is 1. The van der Waals surface area contributed by atoms with Gasteiger partial charge in [0.1, 0.15) is 0 Å². The molecule has 3 aromatic rings. The van der Waals surface area contributed by atoms with Gasteiger partial charge in [-0.1, -0.05) is 66.7 Å². The molecule has 2 aromatic carbocycles. The van der Waals surface area contributed by atoms with Gasteiger partial charge in [0.15, 0.2) is 5.54 Å². The fraction of sp³-hybridized carbons (Fsp3) is 0.0500. The minimum atomic E-state index is -1.29. The molecule has 1 aromatic heterocycles. The lowest BCUT2D eigenvalue weighted by molar-refractivity contribution is -0.130. The number of hydrazone groups is 1. The van der Waals surface area contributed by atoms with E-state index in [2.05, 4.69) is 10.4 Å². The Morgan fingerprint density at radius 3 is 2.04 bits per heavy atom. The van der Waals surface area contributed by atoms with Gasteiger partial charge in [0.2, 0.25) is 0 Å². The van der Waals surface area contributed by atoms with Crippen LogP contribution < -0.4 is 5.32 Å². The molecule has 0 saturated carbocycles. The zero-order valence-electron chi connectivity index (χ0n) is 13.7. The van der Waals surface area contributed by atoms with E-state index < -0.39 is 17.5 Å². The number of carbonyl (C=O) groups is 2. The average molecular weight is 361 g/mol. The number of nitrogens with one attached hydrogen (secondary N) is 1. The molecule has 5 nitrogen and oxygen atoms in total. The number of hydrogen-bond acceptors (Lipinski definition) is 4. The summed E-state index contributed by atoms with van der Waals surface area (Å²) in [6, 6.07) is 21.7. The van der Waals surface area contributed by atoms with Gasteiger partial charge in [0, 0.05) is 4.88 Å². The Kier molecular flexibility index (Phi) is 4.10. The molecule has 0 unspecified atom stereocenters. The first-order chi connectivity index (χ1) is 12.7. The van der Waals surface area contributed by atoms with Crippen molar-refractivity contribution in [3.63, 3.8) is 0 Å². The van der Waals surface area contributed by atoms with Gasteiger partial charge in [-0.15, -0.1) is 16.3 Å². The van der Waals surface area contributed by atoms with Crippen LogP contribution in [0.25, 0.3) is 0 Å². The third-order valence-corrected chi connectivity index (χ3v) is 5.06. The Hall–Kier alpha value is -3.25. The Balaban J connectivity index is 1.80. The Labute approximate surface area is 154 Å². The van der Waals surface area contributed by atoms with Crippen molar-refractivity contribution < 1.29 is 9.59 Å². The molecule has 4 rings (SSSR count). The first-order valence-electron chi connectivity index (χ1n) is 8.07. The summed E-state index contributed by atoms with van der Waals surface area (Å²) < 4.78 is 0. The van der Waals surface area contributed by atoms with Crippen molar-refractivity contribution in [2.75, 3.05) is 0 Å². The van der Waals surface area contributed by atoms with E-state index in [0.717, 1.165) is 9.89 Å². The molecule has 1 fully saturated rings. The maximum absolute atomic E-state index is 13.3. The maximum Gasteiger partial charge on any atom is 0.346 e. The van der Waals surface area contributed by atoms with E-state index in [0.29, 0.717) is 11.1 Å².